The molecule has 1 fully saturated rings. The lowest BCUT2D eigenvalue weighted by molar-refractivity contribution is -0.325. The van der Waals surface area contributed by atoms with Crippen molar-refractivity contribution in [3.05, 3.63) is 6.33 Å². The minimum atomic E-state index is -4.73. The monoisotopic (exact) mass is 407 g/mol. The van der Waals surface area contributed by atoms with E-state index in [2.05, 4.69) is 19.7 Å². The number of hydrogen-bond acceptors (Lipinski definition) is 9. The normalized spacial score (nSPS) is 22.8. The average molecular weight is 407 g/mol. The average Bonchev–Trinajstić information content (AvgIpc) is 3.21. The second-order valence-electron chi connectivity index (χ2n) is 5.95. The predicted molar refractivity (Wildman–Crippen MR) is 88.4 cm³/mol. The summed E-state index contributed by atoms with van der Waals surface area (Å²) >= 11 is 0. The molecule has 0 amide bonds. The molecule has 2 N–H and O–H groups in total. The van der Waals surface area contributed by atoms with E-state index in [4.69, 9.17) is 24.7 Å². The van der Waals surface area contributed by atoms with Crippen LogP contribution in [0.15, 0.2) is 6.33 Å². The number of hydrogen-bond donors (Lipinski definition) is 1. The van der Waals surface area contributed by atoms with Crippen molar-refractivity contribution in [3.63, 3.8) is 0 Å². The van der Waals surface area contributed by atoms with Gasteiger partial charge >= 0.3 is 6.36 Å². The summed E-state index contributed by atoms with van der Waals surface area (Å²) in [6.07, 6.45) is -3.63. The zero-order valence-electron chi connectivity index (χ0n) is 15.2. The van der Waals surface area contributed by atoms with Crippen LogP contribution in [0.4, 0.5) is 19.1 Å². The first-order valence-electron chi connectivity index (χ1n) is 8.33. The third-order valence-electron chi connectivity index (χ3n) is 4.12. The fourth-order valence-electron chi connectivity index (χ4n) is 2.95. The van der Waals surface area contributed by atoms with E-state index in [1.807, 2.05) is 0 Å². The zero-order valence-corrected chi connectivity index (χ0v) is 15.2. The number of nitrogens with two attached hydrogens (primary N) is 1. The molecule has 3 unspecified atom stereocenters. The summed E-state index contributed by atoms with van der Waals surface area (Å²) in [6, 6.07) is 0. The highest BCUT2D eigenvalue weighted by Gasteiger charge is 2.37. The molecule has 0 saturated carbocycles. The van der Waals surface area contributed by atoms with E-state index in [1.165, 1.54) is 6.33 Å². The lowest BCUT2D eigenvalue weighted by atomic mass is 10.2. The number of methoxy groups -OCH3 is 2. The first-order chi connectivity index (χ1) is 13.3. The molecule has 1 aliphatic rings. The van der Waals surface area contributed by atoms with Crippen molar-refractivity contribution in [2.75, 3.05) is 39.8 Å². The number of alkyl halides is 3. The van der Waals surface area contributed by atoms with Crippen molar-refractivity contribution < 1.29 is 36.9 Å². The maximum absolute atomic E-state index is 12.0. The van der Waals surface area contributed by atoms with Crippen molar-refractivity contribution in [3.8, 4) is 5.88 Å². The van der Waals surface area contributed by atoms with E-state index in [-0.39, 0.29) is 36.2 Å². The van der Waals surface area contributed by atoms with Crippen molar-refractivity contribution in [2.24, 2.45) is 0 Å². The topological polar surface area (TPSA) is 116 Å². The summed E-state index contributed by atoms with van der Waals surface area (Å²) in [7, 11) is 3.15. The molecular weight excluding hydrogens is 387 g/mol. The molecule has 10 nitrogen and oxygen atoms in total. The summed E-state index contributed by atoms with van der Waals surface area (Å²) in [5.41, 5.74) is 6.29. The summed E-state index contributed by atoms with van der Waals surface area (Å²) in [4.78, 5) is 12.2. The van der Waals surface area contributed by atoms with Gasteiger partial charge in [-0.2, -0.15) is 9.97 Å². The number of imidazole rings is 1. The third-order valence-corrected chi connectivity index (χ3v) is 4.12. The van der Waals surface area contributed by atoms with Crippen LogP contribution >= 0.6 is 0 Å². The first kappa shape index (κ1) is 20.5. The van der Waals surface area contributed by atoms with Gasteiger partial charge in [-0.05, 0) is 0 Å². The fraction of sp³-hybridized carbons (Fsp3) is 0.667. The van der Waals surface area contributed by atoms with Crippen molar-refractivity contribution in [1.29, 1.82) is 0 Å². The van der Waals surface area contributed by atoms with Gasteiger partial charge in [0.2, 0.25) is 11.8 Å². The van der Waals surface area contributed by atoms with E-state index in [9.17, 15) is 13.2 Å². The summed E-state index contributed by atoms with van der Waals surface area (Å²) < 4.78 is 63.3. The van der Waals surface area contributed by atoms with E-state index in [0.29, 0.717) is 18.7 Å². The highest BCUT2D eigenvalue weighted by molar-refractivity contribution is 5.77. The van der Waals surface area contributed by atoms with Gasteiger partial charge in [-0.1, -0.05) is 0 Å². The van der Waals surface area contributed by atoms with Crippen LogP contribution in [-0.2, 0) is 18.9 Å². The zero-order chi connectivity index (χ0) is 20.3. The number of ether oxygens (including phenoxy) is 5. The van der Waals surface area contributed by atoms with Gasteiger partial charge in [0, 0.05) is 20.6 Å². The minimum Gasteiger partial charge on any atom is -0.473 e. The smallest absolute Gasteiger partial charge is 0.473 e. The second-order valence-corrected chi connectivity index (χ2v) is 5.95. The van der Waals surface area contributed by atoms with Crippen molar-refractivity contribution in [1.82, 2.24) is 19.5 Å². The fourth-order valence-corrected chi connectivity index (χ4v) is 2.95. The molecule has 28 heavy (non-hydrogen) atoms. The van der Waals surface area contributed by atoms with Crippen LogP contribution in [0.25, 0.3) is 11.2 Å². The Balaban J connectivity index is 1.78. The summed E-state index contributed by atoms with van der Waals surface area (Å²) in [6.45, 7) is -0.735. The van der Waals surface area contributed by atoms with E-state index in [1.54, 1.807) is 18.8 Å². The lowest BCUT2D eigenvalue weighted by Gasteiger charge is -2.16. The van der Waals surface area contributed by atoms with Gasteiger partial charge < -0.3 is 24.7 Å². The van der Waals surface area contributed by atoms with E-state index >= 15 is 0 Å². The number of aromatic nitrogens is 4. The summed E-state index contributed by atoms with van der Waals surface area (Å²) in [5.74, 6) is -0.155. The molecule has 3 heterocycles. The number of nitrogens with zero attached hydrogens (tertiary/aromatic N) is 4. The molecule has 156 valence electrons. The standard InChI is InChI=1S/C15H20F3N5O5/c1-24-6-9-8(25-2)5-10(28-9)23-7-20-11-12(23)21-14(19)22-13(11)26-3-4-27-15(16,17)18/h7-10H,3-6H2,1-2H3,(H2,19,21,22). The Labute approximate surface area is 157 Å². The maximum Gasteiger partial charge on any atom is 0.522 e. The van der Waals surface area contributed by atoms with Gasteiger partial charge in [-0.25, -0.2) is 4.98 Å². The number of halogens is 3. The van der Waals surface area contributed by atoms with E-state index < -0.39 is 19.2 Å². The molecule has 1 aliphatic heterocycles. The Morgan fingerprint density at radius 3 is 2.75 bits per heavy atom. The Kier molecular flexibility index (Phi) is 6.17. The van der Waals surface area contributed by atoms with Crippen LogP contribution in [0.5, 0.6) is 5.88 Å². The van der Waals surface area contributed by atoms with Gasteiger partial charge in [0.05, 0.1) is 25.6 Å². The maximum atomic E-state index is 12.0. The molecule has 0 aliphatic carbocycles. The molecule has 0 spiro atoms. The van der Waals surface area contributed by atoms with Gasteiger partial charge in [-0.15, -0.1) is 13.2 Å². The molecule has 1 saturated heterocycles. The van der Waals surface area contributed by atoms with Crippen LogP contribution in [0.3, 0.4) is 0 Å². The highest BCUT2D eigenvalue weighted by atomic mass is 19.4. The van der Waals surface area contributed by atoms with Gasteiger partial charge in [0.15, 0.2) is 11.2 Å². The number of nitrogen functional groups attached to an aromatic ring is 1. The first-order valence-corrected chi connectivity index (χ1v) is 8.33. The minimum absolute atomic E-state index is 0.0400. The highest BCUT2D eigenvalue weighted by Crippen LogP contribution is 2.34. The summed E-state index contributed by atoms with van der Waals surface area (Å²) in [5, 5.41) is 0. The number of anilines is 1. The Morgan fingerprint density at radius 2 is 2.07 bits per heavy atom. The Hall–Kier alpha value is -2.22. The molecule has 0 radical (unpaired) electrons. The Bertz CT molecular complexity index is 802. The molecule has 13 heteroatoms. The van der Waals surface area contributed by atoms with Crippen molar-refractivity contribution in [2.45, 2.75) is 31.2 Å². The SMILES string of the molecule is COCC1OC(n2cnc3c(OCCOC(F)(F)F)nc(N)nc32)CC1OC. The largest absolute Gasteiger partial charge is 0.522 e. The van der Waals surface area contributed by atoms with E-state index in [0.717, 1.165) is 0 Å². The van der Waals surface area contributed by atoms with Crippen LogP contribution in [0.2, 0.25) is 0 Å². The Morgan fingerprint density at radius 1 is 1.29 bits per heavy atom. The van der Waals surface area contributed by atoms with Crippen molar-refractivity contribution >= 4 is 17.1 Å². The molecular formula is C15H20F3N5O5. The number of fused-ring (bicyclic) bond motifs is 1. The molecule has 3 atom stereocenters. The van der Waals surface area contributed by atoms with Crippen LogP contribution in [0, 0.1) is 0 Å². The predicted octanol–water partition coefficient (Wildman–Crippen LogP) is 1.27. The van der Waals surface area contributed by atoms with Crippen LogP contribution < -0.4 is 10.5 Å². The van der Waals surface area contributed by atoms with Gasteiger partial charge in [0.25, 0.3) is 0 Å². The molecule has 0 bridgehead atoms. The number of rotatable bonds is 8. The molecule has 2 aromatic rings. The second kappa shape index (κ2) is 8.43. The van der Waals surface area contributed by atoms with Crippen LogP contribution in [-0.4, -0.2) is 72.1 Å². The van der Waals surface area contributed by atoms with Crippen LogP contribution in [0.1, 0.15) is 12.6 Å². The molecule has 2 aromatic heterocycles. The van der Waals surface area contributed by atoms with Gasteiger partial charge in [0.1, 0.15) is 18.9 Å². The lowest BCUT2D eigenvalue weighted by Crippen LogP contribution is -2.27. The quantitative estimate of drug-likeness (QED) is 0.646. The third kappa shape index (κ3) is 4.60. The van der Waals surface area contributed by atoms with Gasteiger partial charge in [-0.3, -0.25) is 9.30 Å². The molecule has 0 aromatic carbocycles. The molecule has 3 rings (SSSR count).